The quantitative estimate of drug-likeness (QED) is 0.783. The van der Waals surface area contributed by atoms with Crippen molar-refractivity contribution in [3.63, 3.8) is 0 Å². The second-order valence-corrected chi connectivity index (χ2v) is 3.04. The first-order valence-corrected chi connectivity index (χ1v) is 4.48. The van der Waals surface area contributed by atoms with Gasteiger partial charge in [0.2, 0.25) is 6.79 Å². The summed E-state index contributed by atoms with van der Waals surface area (Å²) in [7, 11) is 1.63. The fraction of sp³-hybridized carbons (Fsp3) is 0.400. The molecule has 0 fully saturated rings. The van der Waals surface area contributed by atoms with Crippen LogP contribution in [-0.2, 0) is 4.74 Å². The molecular formula is C10H13NO3. The van der Waals surface area contributed by atoms with Gasteiger partial charge < -0.3 is 19.9 Å². The Kier molecular flexibility index (Phi) is 2.56. The van der Waals surface area contributed by atoms with E-state index >= 15 is 0 Å². The molecule has 2 N–H and O–H groups in total. The van der Waals surface area contributed by atoms with Gasteiger partial charge in [-0.15, -0.1) is 0 Å². The molecule has 4 nitrogen and oxygen atoms in total. The Morgan fingerprint density at radius 3 is 3.07 bits per heavy atom. The van der Waals surface area contributed by atoms with Gasteiger partial charge in [0.1, 0.15) is 0 Å². The minimum absolute atomic E-state index is 0.133. The minimum atomic E-state index is -0.133. The largest absolute Gasteiger partial charge is 0.454 e. The third-order valence-electron chi connectivity index (χ3n) is 2.27. The number of hydrogen-bond donors (Lipinski definition) is 1. The van der Waals surface area contributed by atoms with E-state index in [9.17, 15) is 0 Å². The van der Waals surface area contributed by atoms with Crippen molar-refractivity contribution in [2.75, 3.05) is 20.4 Å². The predicted molar refractivity (Wildman–Crippen MR) is 51.4 cm³/mol. The fourth-order valence-corrected chi connectivity index (χ4v) is 1.56. The summed E-state index contributed by atoms with van der Waals surface area (Å²) in [5.74, 6) is 1.52. The van der Waals surface area contributed by atoms with Crippen molar-refractivity contribution in [1.82, 2.24) is 0 Å². The summed E-state index contributed by atoms with van der Waals surface area (Å²) < 4.78 is 15.9. The van der Waals surface area contributed by atoms with E-state index in [0.717, 1.165) is 17.1 Å². The highest BCUT2D eigenvalue weighted by Gasteiger charge is 2.21. The number of hydrogen-bond acceptors (Lipinski definition) is 4. The summed E-state index contributed by atoms with van der Waals surface area (Å²) >= 11 is 0. The zero-order chi connectivity index (χ0) is 9.97. The lowest BCUT2D eigenvalue weighted by atomic mass is 10.1. The number of ether oxygens (including phenoxy) is 3. The van der Waals surface area contributed by atoms with Crippen LogP contribution in [0.1, 0.15) is 11.7 Å². The Morgan fingerprint density at radius 2 is 2.36 bits per heavy atom. The molecule has 2 rings (SSSR count). The highest BCUT2D eigenvalue weighted by atomic mass is 16.7. The molecule has 4 heteroatoms. The third kappa shape index (κ3) is 1.42. The standard InChI is InChI=1S/C10H13NO3/c1-12-9(5-11)7-3-2-4-8-10(7)14-6-13-8/h2-4,9H,5-6,11H2,1H3. The summed E-state index contributed by atoms with van der Waals surface area (Å²) in [6.07, 6.45) is -0.133. The molecule has 1 atom stereocenters. The first-order chi connectivity index (χ1) is 6.86. The van der Waals surface area contributed by atoms with Crippen LogP contribution in [-0.4, -0.2) is 20.4 Å². The van der Waals surface area contributed by atoms with Crippen LogP contribution in [0.4, 0.5) is 0 Å². The summed E-state index contributed by atoms with van der Waals surface area (Å²) in [5.41, 5.74) is 6.54. The van der Waals surface area contributed by atoms with Crippen molar-refractivity contribution in [1.29, 1.82) is 0 Å². The van der Waals surface area contributed by atoms with Gasteiger partial charge in [-0.25, -0.2) is 0 Å². The fourth-order valence-electron chi connectivity index (χ4n) is 1.56. The molecule has 1 aromatic rings. The Labute approximate surface area is 82.6 Å². The Hall–Kier alpha value is -1.26. The zero-order valence-electron chi connectivity index (χ0n) is 8.03. The molecule has 1 aromatic carbocycles. The number of para-hydroxylation sites is 1. The number of methoxy groups -OCH3 is 1. The number of rotatable bonds is 3. The summed E-state index contributed by atoms with van der Waals surface area (Å²) in [5, 5.41) is 0. The smallest absolute Gasteiger partial charge is 0.231 e. The van der Waals surface area contributed by atoms with E-state index in [1.165, 1.54) is 0 Å². The van der Waals surface area contributed by atoms with Crippen molar-refractivity contribution in [3.05, 3.63) is 23.8 Å². The maximum atomic E-state index is 5.59. The van der Waals surface area contributed by atoms with Crippen LogP contribution >= 0.6 is 0 Å². The van der Waals surface area contributed by atoms with Crippen LogP contribution in [0.15, 0.2) is 18.2 Å². The SMILES string of the molecule is COC(CN)c1cccc2c1OCO2. The molecule has 0 aliphatic carbocycles. The zero-order valence-corrected chi connectivity index (χ0v) is 8.03. The van der Waals surface area contributed by atoms with Crippen molar-refractivity contribution < 1.29 is 14.2 Å². The summed E-state index contributed by atoms with van der Waals surface area (Å²) in [4.78, 5) is 0. The molecule has 0 saturated heterocycles. The van der Waals surface area contributed by atoms with Crippen LogP contribution in [0.3, 0.4) is 0 Å². The summed E-state index contributed by atoms with van der Waals surface area (Å²) in [6, 6.07) is 5.72. The number of fused-ring (bicyclic) bond motifs is 1. The van der Waals surface area contributed by atoms with Gasteiger partial charge in [0.15, 0.2) is 11.5 Å². The van der Waals surface area contributed by atoms with E-state index in [2.05, 4.69) is 0 Å². The topological polar surface area (TPSA) is 53.7 Å². The maximum absolute atomic E-state index is 5.59. The van der Waals surface area contributed by atoms with Crippen molar-refractivity contribution in [3.8, 4) is 11.5 Å². The van der Waals surface area contributed by atoms with Crippen LogP contribution in [0.2, 0.25) is 0 Å². The molecule has 0 bridgehead atoms. The molecular weight excluding hydrogens is 182 g/mol. The van der Waals surface area contributed by atoms with E-state index in [1.807, 2.05) is 18.2 Å². The van der Waals surface area contributed by atoms with Crippen LogP contribution in [0, 0.1) is 0 Å². The number of nitrogens with two attached hydrogens (primary N) is 1. The number of benzene rings is 1. The van der Waals surface area contributed by atoms with Gasteiger partial charge in [0.05, 0.1) is 6.10 Å². The van der Waals surface area contributed by atoms with Gasteiger partial charge in [0, 0.05) is 19.2 Å². The molecule has 0 saturated carbocycles. The summed E-state index contributed by atoms with van der Waals surface area (Å²) in [6.45, 7) is 0.698. The van der Waals surface area contributed by atoms with Crippen LogP contribution in [0.25, 0.3) is 0 Å². The highest BCUT2D eigenvalue weighted by Crippen LogP contribution is 2.38. The predicted octanol–water partition coefficient (Wildman–Crippen LogP) is 1.06. The van der Waals surface area contributed by atoms with E-state index in [0.29, 0.717) is 6.54 Å². The van der Waals surface area contributed by atoms with Crippen LogP contribution < -0.4 is 15.2 Å². The van der Waals surface area contributed by atoms with Gasteiger partial charge in [-0.3, -0.25) is 0 Å². The van der Waals surface area contributed by atoms with Crippen LogP contribution in [0.5, 0.6) is 11.5 Å². The van der Waals surface area contributed by atoms with Gasteiger partial charge in [-0.05, 0) is 6.07 Å². The Balaban J connectivity index is 2.38. The molecule has 76 valence electrons. The average molecular weight is 195 g/mol. The van der Waals surface area contributed by atoms with Crippen molar-refractivity contribution >= 4 is 0 Å². The normalized spacial score (nSPS) is 15.6. The molecule has 0 aromatic heterocycles. The first-order valence-electron chi connectivity index (χ1n) is 4.48. The van der Waals surface area contributed by atoms with E-state index in [1.54, 1.807) is 7.11 Å². The molecule has 0 radical (unpaired) electrons. The van der Waals surface area contributed by atoms with Crippen molar-refractivity contribution in [2.45, 2.75) is 6.10 Å². The van der Waals surface area contributed by atoms with Gasteiger partial charge in [-0.1, -0.05) is 12.1 Å². The molecule has 1 aliphatic heterocycles. The Bertz CT molecular complexity index is 323. The lowest BCUT2D eigenvalue weighted by Gasteiger charge is -2.14. The molecule has 1 unspecified atom stereocenters. The molecule has 0 spiro atoms. The average Bonchev–Trinajstić information content (AvgIpc) is 2.68. The molecule has 14 heavy (non-hydrogen) atoms. The van der Waals surface area contributed by atoms with E-state index in [4.69, 9.17) is 19.9 Å². The monoisotopic (exact) mass is 195 g/mol. The minimum Gasteiger partial charge on any atom is -0.454 e. The molecule has 1 heterocycles. The molecule has 0 amide bonds. The van der Waals surface area contributed by atoms with Gasteiger partial charge >= 0.3 is 0 Å². The lowest BCUT2D eigenvalue weighted by Crippen LogP contribution is -2.14. The first kappa shape index (κ1) is 9.30. The maximum Gasteiger partial charge on any atom is 0.231 e. The lowest BCUT2D eigenvalue weighted by molar-refractivity contribution is 0.106. The van der Waals surface area contributed by atoms with E-state index in [-0.39, 0.29) is 12.9 Å². The highest BCUT2D eigenvalue weighted by molar-refractivity contribution is 5.49. The van der Waals surface area contributed by atoms with Gasteiger partial charge in [-0.2, -0.15) is 0 Å². The molecule has 1 aliphatic rings. The van der Waals surface area contributed by atoms with Crippen molar-refractivity contribution in [2.24, 2.45) is 5.73 Å². The van der Waals surface area contributed by atoms with Gasteiger partial charge in [0.25, 0.3) is 0 Å². The third-order valence-corrected chi connectivity index (χ3v) is 2.27. The van der Waals surface area contributed by atoms with E-state index < -0.39 is 0 Å². The second kappa shape index (κ2) is 3.86. The second-order valence-electron chi connectivity index (χ2n) is 3.04. The Morgan fingerprint density at radius 1 is 1.50 bits per heavy atom.